The van der Waals surface area contributed by atoms with E-state index in [0.717, 1.165) is 4.88 Å². The van der Waals surface area contributed by atoms with Crippen LogP contribution in [0.15, 0.2) is 35.2 Å². The highest BCUT2D eigenvalue weighted by Gasteiger charge is 2.39. The van der Waals surface area contributed by atoms with E-state index in [4.69, 9.17) is 4.74 Å². The molecule has 0 radical (unpaired) electrons. The lowest BCUT2D eigenvalue weighted by atomic mass is 10.1. The van der Waals surface area contributed by atoms with Crippen LogP contribution < -0.4 is 0 Å². The Morgan fingerprint density at radius 1 is 1.26 bits per heavy atom. The van der Waals surface area contributed by atoms with Crippen LogP contribution in [0.4, 0.5) is 13.2 Å². The van der Waals surface area contributed by atoms with Crippen molar-refractivity contribution in [3.05, 3.63) is 53.1 Å². The van der Waals surface area contributed by atoms with Gasteiger partial charge in [-0.25, -0.2) is 4.98 Å². The number of alkyl halides is 3. The number of carbonyl (C=O) groups is 1. The highest BCUT2D eigenvalue weighted by Crippen LogP contribution is 2.38. The van der Waals surface area contributed by atoms with Gasteiger partial charge in [-0.1, -0.05) is 26.0 Å². The molecular weight excluding hydrogens is 501 g/mol. The van der Waals surface area contributed by atoms with Gasteiger partial charge in [0, 0.05) is 16.0 Å². The van der Waals surface area contributed by atoms with Crippen molar-refractivity contribution in [2.45, 2.75) is 58.2 Å². The van der Waals surface area contributed by atoms with E-state index in [9.17, 15) is 27.3 Å². The zero-order chi connectivity index (χ0) is 26.5. The Balaban J connectivity index is 0.00000210. The van der Waals surface area contributed by atoms with Gasteiger partial charge in [-0.2, -0.15) is 13.2 Å². The van der Waals surface area contributed by atoms with Gasteiger partial charge in [0.15, 0.2) is 5.69 Å². The number of ether oxygens (including phenoxy) is 1. The molecule has 2 heterocycles. The van der Waals surface area contributed by atoms with Crippen LogP contribution in [0.25, 0.3) is 15.4 Å². The molecule has 2 unspecified atom stereocenters. The van der Waals surface area contributed by atoms with Crippen LogP contribution in [0.1, 0.15) is 56.4 Å². The van der Waals surface area contributed by atoms with Crippen molar-refractivity contribution >= 4 is 28.1 Å². The second-order valence-corrected chi connectivity index (χ2v) is 9.69. The van der Waals surface area contributed by atoms with Crippen LogP contribution in [0.3, 0.4) is 0 Å². The van der Waals surface area contributed by atoms with Crippen molar-refractivity contribution in [2.24, 2.45) is 0 Å². The molecule has 0 amide bonds. The smallest absolute Gasteiger partial charge is 0.435 e. The number of halogens is 3. The Morgan fingerprint density at radius 2 is 1.91 bits per heavy atom. The van der Waals surface area contributed by atoms with Gasteiger partial charge in [0.2, 0.25) is 0 Å². The Bertz CT molecular complexity index is 1200. The molecular formula is C24H29F3N2O4S2. The fourth-order valence-corrected chi connectivity index (χ4v) is 5.30. The van der Waals surface area contributed by atoms with E-state index in [1.165, 1.54) is 36.0 Å². The summed E-state index contributed by atoms with van der Waals surface area (Å²) in [5.41, 5.74) is 0.0669. The molecule has 192 valence electrons. The topological polar surface area (TPSA) is 81.4 Å². The summed E-state index contributed by atoms with van der Waals surface area (Å²) in [6, 6.07) is 8.51. The molecule has 3 aromatic rings. The van der Waals surface area contributed by atoms with E-state index < -0.39 is 34.6 Å². The monoisotopic (exact) mass is 530 g/mol. The number of benzene rings is 1. The maximum Gasteiger partial charge on any atom is 0.435 e. The molecule has 11 heteroatoms. The molecule has 2 aromatic heterocycles. The summed E-state index contributed by atoms with van der Waals surface area (Å²) < 4.78 is 59.2. The first-order chi connectivity index (χ1) is 16.5. The third-order valence-corrected chi connectivity index (χ3v) is 7.19. The minimum Gasteiger partial charge on any atom is -0.465 e. The third-order valence-electron chi connectivity index (χ3n) is 5.07. The van der Waals surface area contributed by atoms with Crippen molar-refractivity contribution in [3.63, 3.8) is 0 Å². The molecule has 0 aliphatic heterocycles. The zero-order valence-corrected chi connectivity index (χ0v) is 22.0. The number of carbonyl (C=O) groups excluding carboxylic acids is 1. The molecule has 3 rings (SSSR count). The molecule has 0 saturated heterocycles. The average Bonchev–Trinajstić information content (AvgIpc) is 3.43. The molecule has 0 fully saturated rings. The predicted octanol–water partition coefficient (Wildman–Crippen LogP) is 5.85. The first-order valence-electron chi connectivity index (χ1n) is 11.0. The van der Waals surface area contributed by atoms with Gasteiger partial charge in [0.1, 0.15) is 16.7 Å². The fourth-order valence-electron chi connectivity index (χ4n) is 3.44. The summed E-state index contributed by atoms with van der Waals surface area (Å²) >= 11 is 1.21. The van der Waals surface area contributed by atoms with Crippen molar-refractivity contribution in [1.29, 1.82) is 0 Å². The first-order valence-corrected chi connectivity index (χ1v) is 13.4. The highest BCUT2D eigenvalue weighted by molar-refractivity contribution is 7.84. The summed E-state index contributed by atoms with van der Waals surface area (Å²) in [6.07, 6.45) is -3.17. The van der Waals surface area contributed by atoms with Crippen molar-refractivity contribution in [2.75, 3.05) is 12.9 Å². The number of hydrogen-bond acceptors (Lipinski definition) is 6. The summed E-state index contributed by atoms with van der Waals surface area (Å²) in [4.78, 5) is 17.3. The van der Waals surface area contributed by atoms with Gasteiger partial charge in [-0.15, -0.1) is 11.3 Å². The molecule has 0 bridgehead atoms. The van der Waals surface area contributed by atoms with E-state index in [1.807, 2.05) is 13.8 Å². The Labute approximate surface area is 209 Å². The second kappa shape index (κ2) is 12.0. The number of aliphatic hydroxyl groups excluding tert-OH is 1. The van der Waals surface area contributed by atoms with Crippen LogP contribution in [0.5, 0.6) is 0 Å². The zero-order valence-electron chi connectivity index (χ0n) is 20.4. The molecule has 2 atom stereocenters. The SMILES string of the molecule is CC.CCOC(=O)C(C)c1nc(C(F)(F)F)c(C)n1-c1ccc(-c2ccc(CO)c(S(C)=O)c2)s1. The van der Waals surface area contributed by atoms with Crippen LogP contribution in [0.2, 0.25) is 0 Å². The molecule has 1 N–H and O–H groups in total. The Kier molecular flexibility index (Phi) is 9.82. The number of imidazole rings is 1. The van der Waals surface area contributed by atoms with Crippen molar-refractivity contribution < 1.29 is 32.0 Å². The van der Waals surface area contributed by atoms with Crippen LogP contribution in [-0.2, 0) is 33.1 Å². The van der Waals surface area contributed by atoms with Crippen molar-refractivity contribution in [3.8, 4) is 15.4 Å². The molecule has 0 spiro atoms. The number of rotatable bonds is 7. The Morgan fingerprint density at radius 3 is 2.46 bits per heavy atom. The largest absolute Gasteiger partial charge is 0.465 e. The van der Waals surface area contributed by atoms with Crippen LogP contribution in [0, 0.1) is 6.92 Å². The van der Waals surface area contributed by atoms with Crippen molar-refractivity contribution in [1.82, 2.24) is 9.55 Å². The van der Waals surface area contributed by atoms with E-state index >= 15 is 0 Å². The highest BCUT2D eigenvalue weighted by atomic mass is 32.2. The van der Waals surface area contributed by atoms with Gasteiger partial charge in [-0.05, 0) is 50.1 Å². The number of hydrogen-bond donors (Lipinski definition) is 1. The minimum absolute atomic E-state index is 0.0577. The standard InChI is InChI=1S/C22H23F3N2O4S2.C2H6/c1-5-31-21(29)12(2)20-26-19(22(23,24)25)13(3)27(20)18-9-8-16(32-18)14-6-7-15(11-28)17(10-14)33(4)30;1-2/h6-10,12,28H,5,11H2,1-4H3;1-2H3. The maximum absolute atomic E-state index is 13.6. The first kappa shape index (κ1) is 28.7. The number of esters is 1. The summed E-state index contributed by atoms with van der Waals surface area (Å²) in [7, 11) is -1.33. The number of aromatic nitrogens is 2. The second-order valence-electron chi connectivity index (χ2n) is 7.28. The Hall–Kier alpha value is -2.50. The lowest BCUT2D eigenvalue weighted by Gasteiger charge is -2.13. The average molecular weight is 531 g/mol. The normalized spacial score (nSPS) is 13.1. The molecule has 6 nitrogen and oxygen atoms in total. The van der Waals surface area contributed by atoms with E-state index in [2.05, 4.69) is 4.98 Å². The summed E-state index contributed by atoms with van der Waals surface area (Å²) in [5.74, 6) is -1.73. The maximum atomic E-state index is 13.6. The number of thiophene rings is 1. The number of aliphatic hydroxyl groups is 1. The molecule has 0 aliphatic carbocycles. The summed E-state index contributed by atoms with van der Waals surface area (Å²) in [5, 5.41) is 9.92. The van der Waals surface area contributed by atoms with Gasteiger partial charge in [0.05, 0.1) is 29.7 Å². The third kappa shape index (κ3) is 6.20. The molecule has 0 saturated carbocycles. The number of nitrogens with zero attached hydrogens (tertiary/aromatic N) is 2. The molecule has 35 heavy (non-hydrogen) atoms. The van der Waals surface area contributed by atoms with Gasteiger partial charge in [0.25, 0.3) is 0 Å². The lowest BCUT2D eigenvalue weighted by molar-refractivity contribution is -0.145. The van der Waals surface area contributed by atoms with E-state index in [0.29, 0.717) is 21.0 Å². The van der Waals surface area contributed by atoms with Gasteiger partial charge in [-0.3, -0.25) is 13.6 Å². The van der Waals surface area contributed by atoms with E-state index in [-0.39, 0.29) is 24.7 Å². The van der Waals surface area contributed by atoms with E-state index in [1.54, 1.807) is 37.3 Å². The predicted molar refractivity (Wildman–Crippen MR) is 131 cm³/mol. The molecule has 1 aromatic carbocycles. The quantitative estimate of drug-likeness (QED) is 0.388. The molecule has 0 aliphatic rings. The fraction of sp³-hybridized carbons (Fsp3) is 0.417. The summed E-state index contributed by atoms with van der Waals surface area (Å²) in [6.45, 7) is 8.23. The van der Waals surface area contributed by atoms with Gasteiger partial charge >= 0.3 is 12.1 Å². The van der Waals surface area contributed by atoms with Gasteiger partial charge < -0.3 is 9.84 Å². The minimum atomic E-state index is -4.68. The lowest BCUT2D eigenvalue weighted by Crippen LogP contribution is -2.17. The van der Waals surface area contributed by atoms with Crippen LogP contribution >= 0.6 is 11.3 Å². The van der Waals surface area contributed by atoms with Crippen LogP contribution in [-0.4, -0.2) is 37.7 Å².